The molecule has 0 spiro atoms. The monoisotopic (exact) mass is 396 g/mol. The largest absolute Gasteiger partial charge is 0.349 e. The van der Waals surface area contributed by atoms with Gasteiger partial charge in [-0.05, 0) is 57.4 Å². The maximum atomic E-state index is 14.5. The lowest BCUT2D eigenvalue weighted by Crippen LogP contribution is -2.57. The number of aryl methyl sites for hydroxylation is 1. The summed E-state index contributed by atoms with van der Waals surface area (Å²) in [5.74, 6) is -0.744. The number of nitrogens with zero attached hydrogens (tertiary/aromatic N) is 1. The zero-order valence-electron chi connectivity index (χ0n) is 16.6. The number of fused-ring (bicyclic) bond motifs is 2. The zero-order valence-corrected chi connectivity index (χ0v) is 16.6. The molecule has 1 aromatic carbocycles. The van der Waals surface area contributed by atoms with Crippen LogP contribution in [0.1, 0.15) is 55.8 Å². The maximum Gasteiger partial charge on any atom is 0.247 e. The molecule has 0 radical (unpaired) electrons. The van der Waals surface area contributed by atoms with Crippen LogP contribution in [-0.4, -0.2) is 30.4 Å². The first kappa shape index (κ1) is 19.6. The van der Waals surface area contributed by atoms with Gasteiger partial charge in [-0.15, -0.1) is 0 Å². The Bertz CT molecular complexity index is 949. The number of hydrogen-bond donors (Lipinski definition) is 3. The Morgan fingerprint density at radius 3 is 2.93 bits per heavy atom. The van der Waals surface area contributed by atoms with Crippen LogP contribution in [-0.2, 0) is 16.0 Å². The second-order valence-corrected chi connectivity index (χ2v) is 8.28. The van der Waals surface area contributed by atoms with Crippen LogP contribution in [0.5, 0.6) is 0 Å². The van der Waals surface area contributed by atoms with Crippen molar-refractivity contribution in [1.29, 1.82) is 5.26 Å². The number of benzene rings is 1. The second-order valence-electron chi connectivity index (χ2n) is 8.28. The molecule has 1 saturated heterocycles. The van der Waals surface area contributed by atoms with Crippen LogP contribution in [0, 0.1) is 23.1 Å². The van der Waals surface area contributed by atoms with Crippen molar-refractivity contribution in [2.45, 2.75) is 57.7 Å². The maximum absolute atomic E-state index is 14.5. The predicted octanol–water partition coefficient (Wildman–Crippen LogP) is 2.00. The predicted molar refractivity (Wildman–Crippen MR) is 105 cm³/mol. The van der Waals surface area contributed by atoms with Crippen molar-refractivity contribution in [3.63, 3.8) is 0 Å². The van der Waals surface area contributed by atoms with Gasteiger partial charge in [0.25, 0.3) is 0 Å². The number of piperidine rings is 1. The van der Waals surface area contributed by atoms with E-state index < -0.39 is 11.9 Å². The van der Waals surface area contributed by atoms with Crippen LogP contribution in [0.25, 0.3) is 0 Å². The Morgan fingerprint density at radius 1 is 1.38 bits per heavy atom. The number of halogens is 1. The number of nitrogens with one attached hydrogen (secondary N) is 3. The number of nitriles is 1. The van der Waals surface area contributed by atoms with E-state index in [1.54, 1.807) is 6.07 Å². The van der Waals surface area contributed by atoms with Crippen molar-refractivity contribution < 1.29 is 14.0 Å². The first-order valence-corrected chi connectivity index (χ1v) is 10.1. The number of carbonyl (C=O) groups excluding carboxylic acids is 2. The van der Waals surface area contributed by atoms with Crippen LogP contribution in [0.15, 0.2) is 23.3 Å². The van der Waals surface area contributed by atoms with Crippen LogP contribution in [0.3, 0.4) is 0 Å². The molecular weight excluding hydrogens is 371 g/mol. The minimum Gasteiger partial charge on any atom is -0.349 e. The van der Waals surface area contributed by atoms with Crippen molar-refractivity contribution in [3.8, 4) is 6.07 Å². The van der Waals surface area contributed by atoms with Crippen molar-refractivity contribution in [3.05, 3.63) is 45.8 Å². The van der Waals surface area contributed by atoms with Crippen LogP contribution < -0.4 is 16.0 Å². The van der Waals surface area contributed by atoms with Gasteiger partial charge < -0.3 is 16.0 Å². The first-order valence-electron chi connectivity index (χ1n) is 10.1. The Morgan fingerprint density at radius 2 is 2.17 bits per heavy atom. The van der Waals surface area contributed by atoms with E-state index in [4.69, 9.17) is 5.26 Å². The smallest absolute Gasteiger partial charge is 0.247 e. The van der Waals surface area contributed by atoms with E-state index in [1.807, 2.05) is 13.0 Å². The molecule has 4 rings (SSSR count). The summed E-state index contributed by atoms with van der Waals surface area (Å²) in [6.07, 6.45) is 2.06. The standard InChI is InChI=1S/C22H25FN4O2/c1-11-15(22(29)27-18-5-6-25-12(2)20(11)18)9-19(28)26-17-4-3-14-7-13(10-24)8-16(23)21(14)17/h7-8,12,17-18,20,25H,3-6,9H2,1-2H3,(H,26,28)(H,27,29)/t12?,17-,18?,20?/m1/s1. The summed E-state index contributed by atoms with van der Waals surface area (Å²) in [6.45, 7) is 4.91. The molecule has 3 aliphatic rings. The minimum absolute atomic E-state index is 0.0165. The minimum atomic E-state index is -0.461. The molecule has 7 heteroatoms. The van der Waals surface area contributed by atoms with Gasteiger partial charge in [0, 0.05) is 29.1 Å². The molecule has 152 valence electrons. The highest BCUT2D eigenvalue weighted by molar-refractivity contribution is 6.00. The molecule has 3 unspecified atom stereocenters. The summed E-state index contributed by atoms with van der Waals surface area (Å²) < 4.78 is 14.5. The Hall–Kier alpha value is -2.72. The summed E-state index contributed by atoms with van der Waals surface area (Å²) in [5, 5.41) is 18.4. The van der Waals surface area contributed by atoms with E-state index in [2.05, 4.69) is 22.9 Å². The molecule has 1 fully saturated rings. The van der Waals surface area contributed by atoms with Gasteiger partial charge >= 0.3 is 0 Å². The topological polar surface area (TPSA) is 94.0 Å². The molecule has 1 aromatic rings. The van der Waals surface area contributed by atoms with E-state index >= 15 is 0 Å². The Kier molecular flexibility index (Phi) is 5.13. The molecule has 3 N–H and O–H groups in total. The summed E-state index contributed by atoms with van der Waals surface area (Å²) in [5.41, 5.74) is 2.99. The Labute approximate surface area is 169 Å². The van der Waals surface area contributed by atoms with Gasteiger partial charge in [0.15, 0.2) is 0 Å². The second kappa shape index (κ2) is 7.60. The summed E-state index contributed by atoms with van der Waals surface area (Å²) >= 11 is 0. The average Bonchev–Trinajstić information content (AvgIpc) is 3.08. The van der Waals surface area contributed by atoms with Crippen molar-refractivity contribution in [2.75, 3.05) is 6.54 Å². The number of amides is 2. The molecule has 29 heavy (non-hydrogen) atoms. The quantitative estimate of drug-likeness (QED) is 0.729. The molecule has 6 nitrogen and oxygen atoms in total. The molecule has 4 atom stereocenters. The van der Waals surface area contributed by atoms with Gasteiger partial charge in [-0.1, -0.05) is 5.57 Å². The van der Waals surface area contributed by atoms with Gasteiger partial charge in [-0.3, -0.25) is 9.59 Å². The van der Waals surface area contributed by atoms with Gasteiger partial charge in [-0.25, -0.2) is 4.39 Å². The fourth-order valence-corrected chi connectivity index (χ4v) is 5.15. The SMILES string of the molecule is CC1=C(CC(=O)N[C@@H]2CCc3cc(C#N)cc(F)c32)C(=O)NC2CCNC(C)C12. The van der Waals surface area contributed by atoms with E-state index in [0.717, 1.165) is 24.1 Å². The molecule has 2 aliphatic heterocycles. The third-order valence-electron chi connectivity index (χ3n) is 6.53. The molecule has 0 bridgehead atoms. The zero-order chi connectivity index (χ0) is 20.7. The lowest BCUT2D eigenvalue weighted by molar-refractivity contribution is -0.124. The molecule has 1 aliphatic carbocycles. The van der Waals surface area contributed by atoms with Crippen LogP contribution in [0.2, 0.25) is 0 Å². The highest BCUT2D eigenvalue weighted by Crippen LogP contribution is 2.35. The number of rotatable bonds is 3. The average molecular weight is 396 g/mol. The number of hydrogen-bond acceptors (Lipinski definition) is 4. The van der Waals surface area contributed by atoms with E-state index in [-0.39, 0.29) is 41.8 Å². The molecule has 2 amide bonds. The lowest BCUT2D eigenvalue weighted by atomic mass is 9.76. The molecule has 0 aromatic heterocycles. The lowest BCUT2D eigenvalue weighted by Gasteiger charge is -2.42. The highest BCUT2D eigenvalue weighted by Gasteiger charge is 2.39. The molecule has 2 heterocycles. The third kappa shape index (κ3) is 3.53. The van der Waals surface area contributed by atoms with Crippen molar-refractivity contribution >= 4 is 11.8 Å². The van der Waals surface area contributed by atoms with Gasteiger partial charge in [0.1, 0.15) is 5.82 Å². The van der Waals surface area contributed by atoms with Gasteiger partial charge in [-0.2, -0.15) is 5.26 Å². The first-order chi connectivity index (χ1) is 13.9. The van der Waals surface area contributed by atoms with E-state index in [0.29, 0.717) is 24.0 Å². The fourth-order valence-electron chi connectivity index (χ4n) is 5.15. The van der Waals surface area contributed by atoms with Crippen LogP contribution >= 0.6 is 0 Å². The van der Waals surface area contributed by atoms with Crippen molar-refractivity contribution in [2.24, 2.45) is 5.92 Å². The Balaban J connectivity index is 1.51. The van der Waals surface area contributed by atoms with Gasteiger partial charge in [0.2, 0.25) is 11.8 Å². The summed E-state index contributed by atoms with van der Waals surface area (Å²) in [6, 6.07) is 4.77. The molecular formula is C22H25FN4O2. The summed E-state index contributed by atoms with van der Waals surface area (Å²) in [7, 11) is 0. The number of carbonyl (C=O) groups is 2. The van der Waals surface area contributed by atoms with E-state index in [9.17, 15) is 14.0 Å². The highest BCUT2D eigenvalue weighted by atomic mass is 19.1. The van der Waals surface area contributed by atoms with Crippen LogP contribution in [0.4, 0.5) is 4.39 Å². The van der Waals surface area contributed by atoms with Crippen molar-refractivity contribution in [1.82, 2.24) is 16.0 Å². The molecule has 0 saturated carbocycles. The van der Waals surface area contributed by atoms with Gasteiger partial charge in [0.05, 0.1) is 24.1 Å². The van der Waals surface area contributed by atoms with E-state index in [1.165, 1.54) is 6.07 Å². The fraction of sp³-hybridized carbons (Fsp3) is 0.500. The summed E-state index contributed by atoms with van der Waals surface area (Å²) in [4.78, 5) is 25.3. The normalized spacial score (nSPS) is 28.3. The third-order valence-corrected chi connectivity index (χ3v) is 6.53.